The quantitative estimate of drug-likeness (QED) is 0.0735. The van der Waals surface area contributed by atoms with E-state index < -0.39 is 11.2 Å². The highest BCUT2D eigenvalue weighted by atomic mass is 16.2. The van der Waals surface area contributed by atoms with E-state index in [0.717, 1.165) is 68.2 Å². The molecular formula is C60H76N24O3. The maximum Gasteiger partial charge on any atom is 0.332 e. The number of aromatic nitrogens is 23. The zero-order valence-electron chi connectivity index (χ0n) is 51.4. The first-order valence-electron chi connectivity index (χ1n) is 28.7. The van der Waals surface area contributed by atoms with Crippen molar-refractivity contribution in [3.8, 4) is 11.4 Å². The number of pyridine rings is 1. The fourth-order valence-corrected chi connectivity index (χ4v) is 9.01. The van der Waals surface area contributed by atoms with E-state index in [1.807, 2.05) is 71.9 Å². The van der Waals surface area contributed by atoms with Crippen LogP contribution in [0.3, 0.4) is 0 Å². The Morgan fingerprint density at radius 1 is 0.552 bits per heavy atom. The second-order valence-electron chi connectivity index (χ2n) is 22.4. The molecule has 0 fully saturated rings. The Morgan fingerprint density at radius 2 is 1.22 bits per heavy atom. The van der Waals surface area contributed by atoms with Gasteiger partial charge in [0.1, 0.15) is 29.0 Å². The van der Waals surface area contributed by atoms with Crippen LogP contribution in [0.2, 0.25) is 0 Å². The van der Waals surface area contributed by atoms with Crippen LogP contribution in [0, 0.1) is 0 Å². The summed E-state index contributed by atoms with van der Waals surface area (Å²) in [6.45, 7) is 33.2. The topological polar surface area (TPSA) is 347 Å². The molecule has 14 rings (SSSR count). The van der Waals surface area contributed by atoms with Crippen molar-refractivity contribution in [2.24, 2.45) is 0 Å². The molecule has 1 aliphatic rings. The molecule has 8 N–H and O–H groups in total. The van der Waals surface area contributed by atoms with E-state index in [4.69, 9.17) is 0 Å². The summed E-state index contributed by atoms with van der Waals surface area (Å²) in [6, 6.07) is 9.91. The van der Waals surface area contributed by atoms with Gasteiger partial charge in [-0.25, -0.2) is 34.0 Å². The second kappa shape index (κ2) is 27.9. The Kier molecular flexibility index (Phi) is 20.1. The van der Waals surface area contributed by atoms with Crippen molar-refractivity contribution >= 4 is 50.6 Å². The molecule has 13 aromatic rings. The highest BCUT2D eigenvalue weighted by Crippen LogP contribution is 2.37. The molecule has 0 saturated carbocycles. The number of H-pyrrole nitrogens is 7. The van der Waals surface area contributed by atoms with Gasteiger partial charge in [0.05, 0.1) is 45.6 Å². The SMILES string of the molecule is C=C1Nc2n[nH]c(C(C)C)c2-c2nncn21.CC(C)c1[nH]nc2[nH]c(=O)[nH]c(=O)c12.CC(C)c1[nH]nc2[nH]c(=O)n3ccnc3c12.CC(C)c1cnc2ccccn12.CC(C)c1cnc2cccnn12.CC(C)c1cnccn1.CC(C)c1ncc[nH]1. The van der Waals surface area contributed by atoms with Crippen LogP contribution in [0.25, 0.3) is 56.2 Å². The molecule has 27 nitrogen and oxygen atoms in total. The molecule has 0 unspecified atom stereocenters. The third-order valence-electron chi connectivity index (χ3n) is 13.6. The fourth-order valence-electron chi connectivity index (χ4n) is 9.01. The summed E-state index contributed by atoms with van der Waals surface area (Å²) in [5.74, 6) is 6.16. The van der Waals surface area contributed by atoms with Gasteiger partial charge >= 0.3 is 11.4 Å². The molecule has 0 aromatic carbocycles. The second-order valence-corrected chi connectivity index (χ2v) is 22.4. The highest BCUT2D eigenvalue weighted by molar-refractivity contribution is 5.91. The minimum absolute atomic E-state index is 0.159. The van der Waals surface area contributed by atoms with Gasteiger partial charge < -0.3 is 14.7 Å². The average Bonchev–Trinajstić information content (AvgIpc) is 1.95. The lowest BCUT2D eigenvalue weighted by molar-refractivity contribution is 0.759. The van der Waals surface area contributed by atoms with E-state index in [9.17, 15) is 14.4 Å². The summed E-state index contributed by atoms with van der Waals surface area (Å²) in [6.07, 6.45) is 21.4. The summed E-state index contributed by atoms with van der Waals surface area (Å²) in [7, 11) is 0. The molecule has 0 spiro atoms. The number of rotatable bonds is 7. The third-order valence-corrected chi connectivity index (χ3v) is 13.6. The first-order valence-corrected chi connectivity index (χ1v) is 28.7. The maximum absolute atomic E-state index is 11.6. The Bertz CT molecular complexity index is 4420. The lowest BCUT2D eigenvalue weighted by Crippen LogP contribution is -2.22. The summed E-state index contributed by atoms with van der Waals surface area (Å²) < 4.78 is 7.32. The van der Waals surface area contributed by atoms with Gasteiger partial charge in [-0.2, -0.15) is 20.4 Å². The molecule has 0 bridgehead atoms. The van der Waals surface area contributed by atoms with Crippen molar-refractivity contribution in [2.45, 2.75) is 138 Å². The fraction of sp³-hybridized carbons (Fsp3) is 0.350. The zero-order valence-corrected chi connectivity index (χ0v) is 51.4. The van der Waals surface area contributed by atoms with Crippen LogP contribution in [-0.2, 0) is 0 Å². The van der Waals surface area contributed by atoms with Gasteiger partial charge in [0.2, 0.25) is 0 Å². The van der Waals surface area contributed by atoms with Crippen molar-refractivity contribution in [3.63, 3.8) is 0 Å². The average molecular weight is 1180 g/mol. The predicted octanol–water partition coefficient (Wildman–Crippen LogP) is 10.2. The molecule has 14 heterocycles. The van der Waals surface area contributed by atoms with Crippen LogP contribution in [0.15, 0.2) is 126 Å². The summed E-state index contributed by atoms with van der Waals surface area (Å²) in [4.78, 5) is 69.2. The van der Waals surface area contributed by atoms with Crippen molar-refractivity contribution < 1.29 is 0 Å². The summed E-state index contributed by atoms with van der Waals surface area (Å²) in [5.41, 5.74) is 9.55. The standard InChI is InChI=1S/C10H12N6.C10H11N5O.C10H12N2.C9H11N3.C8H10N4O2.C7H10N2.C6H10N2/c1-5(2)8-7-9(14-13-8)12-6(3)16-4-11-15-10(7)16;1-5(2)7-6-8(14-13-7)12-10(16)15-4-3-11-9(6)15;1-8(2)9-7-11-10-5-3-4-6-12(9)10;1-7(2)8-6-10-9-4-3-5-11-12(8)9;1-3(2)5-4-6(12-11-5)9-8(14)10-7(4)13;1-6(2)7-5-8-3-4-9-7;1-5(2)6-7-3-4-8-6/h4-5H,3H2,1-2H3,(H2,12,13,14);3-5H,1-2H3,(H2,12,13,14,16);3-8H,1-2H3;3-7H,1-2H3;3H,1-2H3,(H3,9,10,11,12,13,14);3-6H,1-2H3;3-5H,1-2H3,(H,7,8). The number of hydrogen-bond acceptors (Lipinski definition) is 16. The number of nitrogens with one attached hydrogen (secondary N) is 8. The zero-order chi connectivity index (χ0) is 62.6. The number of aromatic amines is 7. The van der Waals surface area contributed by atoms with Crippen LogP contribution < -0.4 is 22.3 Å². The molecule has 0 amide bonds. The number of imidazole rings is 4. The van der Waals surface area contributed by atoms with Gasteiger partial charge in [-0.3, -0.25) is 54.0 Å². The van der Waals surface area contributed by atoms with Crippen molar-refractivity contribution in [3.05, 3.63) is 183 Å². The Labute approximate surface area is 500 Å². The number of fused-ring (bicyclic) bond motifs is 9. The maximum atomic E-state index is 11.6. The Hall–Kier alpha value is -10.5. The minimum atomic E-state index is -0.538. The molecule has 0 saturated heterocycles. The smallest absolute Gasteiger partial charge is 0.332 e. The molecule has 0 aliphatic carbocycles. The van der Waals surface area contributed by atoms with Crippen LogP contribution in [-0.4, -0.2) is 114 Å². The van der Waals surface area contributed by atoms with Gasteiger partial charge in [0.25, 0.3) is 5.56 Å². The van der Waals surface area contributed by atoms with Gasteiger partial charge in [-0.05, 0) is 59.8 Å². The van der Waals surface area contributed by atoms with E-state index in [2.05, 4.69) is 201 Å². The summed E-state index contributed by atoms with van der Waals surface area (Å²) in [5, 5.41) is 37.6. The van der Waals surface area contributed by atoms with E-state index in [1.165, 1.54) is 10.1 Å². The van der Waals surface area contributed by atoms with Crippen LogP contribution in [0.1, 0.15) is 178 Å². The van der Waals surface area contributed by atoms with Crippen LogP contribution in [0.5, 0.6) is 0 Å². The van der Waals surface area contributed by atoms with Crippen molar-refractivity contribution in [1.82, 2.24) is 114 Å². The molecule has 0 atom stereocenters. The Balaban J connectivity index is 0.000000133. The number of nitrogens with zero attached hydrogens (tertiary/aromatic N) is 16. The number of hydrogen-bond donors (Lipinski definition) is 8. The first kappa shape index (κ1) is 62.6. The normalized spacial score (nSPS) is 11.6. The van der Waals surface area contributed by atoms with Gasteiger partial charge in [0, 0.05) is 73.6 Å². The molecule has 87 heavy (non-hydrogen) atoms. The molecule has 27 heteroatoms. The van der Waals surface area contributed by atoms with Crippen LogP contribution in [0.4, 0.5) is 5.82 Å². The lowest BCUT2D eigenvalue weighted by Gasteiger charge is -2.18. The molecule has 1 aliphatic heterocycles. The van der Waals surface area contributed by atoms with Crippen LogP contribution >= 0.6 is 0 Å². The van der Waals surface area contributed by atoms with Crippen molar-refractivity contribution in [2.75, 3.05) is 5.32 Å². The third kappa shape index (κ3) is 14.6. The van der Waals surface area contributed by atoms with Crippen molar-refractivity contribution in [1.29, 1.82) is 0 Å². The summed E-state index contributed by atoms with van der Waals surface area (Å²) >= 11 is 0. The molecule has 13 aromatic heterocycles. The molecule has 454 valence electrons. The molecular weight excluding hydrogens is 1100 g/mol. The van der Waals surface area contributed by atoms with E-state index in [1.54, 1.807) is 49.7 Å². The van der Waals surface area contributed by atoms with Gasteiger partial charge in [-0.15, -0.1) is 10.2 Å². The lowest BCUT2D eigenvalue weighted by atomic mass is 10.0. The highest BCUT2D eigenvalue weighted by Gasteiger charge is 2.27. The van der Waals surface area contributed by atoms with Gasteiger partial charge in [0.15, 0.2) is 34.2 Å². The van der Waals surface area contributed by atoms with E-state index in [0.29, 0.717) is 63.7 Å². The van der Waals surface area contributed by atoms with E-state index >= 15 is 0 Å². The predicted molar refractivity (Wildman–Crippen MR) is 337 cm³/mol. The minimum Gasteiger partial charge on any atom is -0.348 e. The molecule has 0 radical (unpaired) electrons. The first-order chi connectivity index (χ1) is 41.6. The number of anilines is 1. The monoisotopic (exact) mass is 1180 g/mol. The Morgan fingerprint density at radius 3 is 1.84 bits per heavy atom. The van der Waals surface area contributed by atoms with E-state index in [-0.39, 0.29) is 11.6 Å². The van der Waals surface area contributed by atoms with Gasteiger partial charge in [-0.1, -0.05) is 110 Å². The largest absolute Gasteiger partial charge is 0.348 e.